The third-order valence-electron chi connectivity index (χ3n) is 3.46. The fourth-order valence-corrected chi connectivity index (χ4v) is 2.24. The summed E-state index contributed by atoms with van der Waals surface area (Å²) in [6, 6.07) is 14.9. The lowest BCUT2D eigenvalue weighted by Gasteiger charge is -2.21. The Morgan fingerprint density at radius 2 is 1.60 bits per heavy atom. The second-order valence-corrected chi connectivity index (χ2v) is 4.94. The van der Waals surface area contributed by atoms with Gasteiger partial charge in [0.1, 0.15) is 11.6 Å². The number of nitrogens with one attached hydrogen (secondary N) is 1. The molecule has 0 amide bonds. The van der Waals surface area contributed by atoms with Crippen LogP contribution in [0.3, 0.4) is 0 Å². The Labute approximate surface area is 119 Å². The number of halogens is 1. The minimum Gasteiger partial charge on any atom is -0.497 e. The highest BCUT2D eigenvalue weighted by Crippen LogP contribution is 2.21. The van der Waals surface area contributed by atoms with Crippen molar-refractivity contribution in [2.75, 3.05) is 7.11 Å². The van der Waals surface area contributed by atoms with E-state index in [9.17, 15) is 4.39 Å². The Balaban J connectivity index is 2.04. The van der Waals surface area contributed by atoms with Crippen LogP contribution in [0.2, 0.25) is 0 Å². The number of methoxy groups -OCH3 is 1. The highest BCUT2D eigenvalue weighted by molar-refractivity contribution is 5.29. The summed E-state index contributed by atoms with van der Waals surface area (Å²) in [6.45, 7) is 4.13. The van der Waals surface area contributed by atoms with Gasteiger partial charge in [0.25, 0.3) is 0 Å². The molecule has 0 aromatic heterocycles. The SMILES string of the molecule is COc1ccc([C@@H](C)NC(C)c2cccc(F)c2)cc1. The smallest absolute Gasteiger partial charge is 0.123 e. The van der Waals surface area contributed by atoms with Gasteiger partial charge in [-0.1, -0.05) is 24.3 Å². The van der Waals surface area contributed by atoms with Gasteiger partial charge in [-0.15, -0.1) is 0 Å². The molecule has 1 N–H and O–H groups in total. The topological polar surface area (TPSA) is 21.3 Å². The molecule has 106 valence electrons. The first-order valence-electron chi connectivity index (χ1n) is 6.75. The zero-order valence-electron chi connectivity index (χ0n) is 12.1. The first kappa shape index (κ1) is 14.5. The minimum atomic E-state index is -0.201. The van der Waals surface area contributed by atoms with Crippen molar-refractivity contribution in [2.45, 2.75) is 25.9 Å². The molecule has 2 aromatic carbocycles. The zero-order chi connectivity index (χ0) is 14.5. The molecule has 0 fully saturated rings. The van der Waals surface area contributed by atoms with Crippen molar-refractivity contribution in [1.29, 1.82) is 0 Å². The van der Waals surface area contributed by atoms with Gasteiger partial charge < -0.3 is 10.1 Å². The lowest BCUT2D eigenvalue weighted by atomic mass is 10.0. The molecule has 0 aliphatic carbocycles. The molecule has 2 aromatic rings. The number of hydrogen-bond acceptors (Lipinski definition) is 2. The summed E-state index contributed by atoms with van der Waals surface area (Å²) in [7, 11) is 1.66. The first-order valence-corrected chi connectivity index (χ1v) is 6.75. The fraction of sp³-hybridized carbons (Fsp3) is 0.294. The van der Waals surface area contributed by atoms with E-state index in [-0.39, 0.29) is 17.9 Å². The average Bonchev–Trinajstić information content (AvgIpc) is 2.47. The van der Waals surface area contributed by atoms with Crippen LogP contribution in [0.5, 0.6) is 5.75 Å². The van der Waals surface area contributed by atoms with Crippen molar-refractivity contribution in [3.63, 3.8) is 0 Å². The van der Waals surface area contributed by atoms with Crippen LogP contribution in [0.25, 0.3) is 0 Å². The van der Waals surface area contributed by atoms with E-state index in [1.54, 1.807) is 19.2 Å². The van der Waals surface area contributed by atoms with Crippen LogP contribution in [-0.2, 0) is 0 Å². The summed E-state index contributed by atoms with van der Waals surface area (Å²) in [4.78, 5) is 0. The predicted molar refractivity (Wildman–Crippen MR) is 79.4 cm³/mol. The molecule has 0 aliphatic rings. The third-order valence-corrected chi connectivity index (χ3v) is 3.46. The molecular weight excluding hydrogens is 253 g/mol. The van der Waals surface area contributed by atoms with Crippen molar-refractivity contribution in [1.82, 2.24) is 5.32 Å². The van der Waals surface area contributed by atoms with E-state index in [1.165, 1.54) is 11.6 Å². The van der Waals surface area contributed by atoms with Gasteiger partial charge in [0.15, 0.2) is 0 Å². The monoisotopic (exact) mass is 273 g/mol. The van der Waals surface area contributed by atoms with E-state index >= 15 is 0 Å². The lowest BCUT2D eigenvalue weighted by Crippen LogP contribution is -2.22. The fourth-order valence-electron chi connectivity index (χ4n) is 2.24. The van der Waals surface area contributed by atoms with E-state index in [2.05, 4.69) is 12.2 Å². The number of ether oxygens (including phenoxy) is 1. The molecule has 0 heterocycles. The van der Waals surface area contributed by atoms with Crippen molar-refractivity contribution < 1.29 is 9.13 Å². The molecule has 0 saturated heterocycles. The van der Waals surface area contributed by atoms with Gasteiger partial charge in [-0.3, -0.25) is 0 Å². The molecule has 0 spiro atoms. The van der Waals surface area contributed by atoms with Crippen LogP contribution >= 0.6 is 0 Å². The van der Waals surface area contributed by atoms with Gasteiger partial charge in [-0.05, 0) is 49.2 Å². The second kappa shape index (κ2) is 6.53. The summed E-state index contributed by atoms with van der Waals surface area (Å²) < 4.78 is 18.4. The molecule has 20 heavy (non-hydrogen) atoms. The van der Waals surface area contributed by atoms with Crippen LogP contribution in [0, 0.1) is 5.82 Å². The maximum absolute atomic E-state index is 13.2. The van der Waals surface area contributed by atoms with Gasteiger partial charge in [0.2, 0.25) is 0 Å². The molecule has 2 rings (SSSR count). The summed E-state index contributed by atoms with van der Waals surface area (Å²) >= 11 is 0. The summed E-state index contributed by atoms with van der Waals surface area (Å²) in [5.41, 5.74) is 2.12. The normalized spacial score (nSPS) is 13.8. The predicted octanol–water partition coefficient (Wildman–Crippen LogP) is 4.25. The van der Waals surface area contributed by atoms with Crippen molar-refractivity contribution in [2.24, 2.45) is 0 Å². The van der Waals surface area contributed by atoms with Crippen molar-refractivity contribution >= 4 is 0 Å². The second-order valence-electron chi connectivity index (χ2n) is 4.94. The highest BCUT2D eigenvalue weighted by atomic mass is 19.1. The van der Waals surface area contributed by atoms with Crippen LogP contribution in [0.1, 0.15) is 37.1 Å². The third kappa shape index (κ3) is 3.58. The Kier molecular flexibility index (Phi) is 4.74. The largest absolute Gasteiger partial charge is 0.497 e. The standard InChI is InChI=1S/C17H20FNO/c1-12(14-7-9-17(20-3)10-8-14)19-13(2)15-5-4-6-16(18)11-15/h4-13,19H,1-3H3/t12-,13?/m1/s1. The Morgan fingerprint density at radius 1 is 0.950 bits per heavy atom. The van der Waals surface area contributed by atoms with Crippen LogP contribution < -0.4 is 10.1 Å². The molecule has 0 aliphatic heterocycles. The van der Waals surface area contributed by atoms with Gasteiger partial charge in [0, 0.05) is 12.1 Å². The van der Waals surface area contributed by atoms with Crippen LogP contribution in [-0.4, -0.2) is 7.11 Å². The number of hydrogen-bond donors (Lipinski definition) is 1. The quantitative estimate of drug-likeness (QED) is 0.879. The molecule has 2 atom stereocenters. The molecule has 0 saturated carbocycles. The first-order chi connectivity index (χ1) is 9.60. The Bertz CT molecular complexity index is 553. The maximum atomic E-state index is 13.2. The average molecular weight is 273 g/mol. The lowest BCUT2D eigenvalue weighted by molar-refractivity contribution is 0.414. The van der Waals surface area contributed by atoms with Gasteiger partial charge in [0.05, 0.1) is 7.11 Å². The maximum Gasteiger partial charge on any atom is 0.123 e. The highest BCUT2D eigenvalue weighted by Gasteiger charge is 2.11. The van der Waals surface area contributed by atoms with Gasteiger partial charge >= 0.3 is 0 Å². The van der Waals surface area contributed by atoms with Crippen LogP contribution in [0.15, 0.2) is 48.5 Å². The van der Waals surface area contributed by atoms with E-state index < -0.39 is 0 Å². The summed E-state index contributed by atoms with van der Waals surface area (Å²) in [6.07, 6.45) is 0. The van der Waals surface area contributed by atoms with E-state index in [1.807, 2.05) is 37.3 Å². The van der Waals surface area contributed by atoms with E-state index in [0.717, 1.165) is 11.3 Å². The molecular formula is C17H20FNO. The Morgan fingerprint density at radius 3 is 2.20 bits per heavy atom. The zero-order valence-corrected chi connectivity index (χ0v) is 12.1. The minimum absolute atomic E-state index is 0.0859. The van der Waals surface area contributed by atoms with Crippen molar-refractivity contribution in [3.8, 4) is 5.75 Å². The van der Waals surface area contributed by atoms with E-state index in [4.69, 9.17) is 4.74 Å². The van der Waals surface area contributed by atoms with Crippen molar-refractivity contribution in [3.05, 3.63) is 65.5 Å². The molecule has 2 nitrogen and oxygen atoms in total. The summed E-state index contributed by atoms with van der Waals surface area (Å²) in [5.74, 6) is 0.646. The molecule has 0 radical (unpaired) electrons. The molecule has 3 heteroatoms. The Hall–Kier alpha value is -1.87. The molecule has 0 bridgehead atoms. The summed E-state index contributed by atoms with van der Waals surface area (Å²) in [5, 5.41) is 3.47. The van der Waals surface area contributed by atoms with Gasteiger partial charge in [-0.25, -0.2) is 4.39 Å². The van der Waals surface area contributed by atoms with Gasteiger partial charge in [-0.2, -0.15) is 0 Å². The molecule has 1 unspecified atom stereocenters. The van der Waals surface area contributed by atoms with Crippen LogP contribution in [0.4, 0.5) is 4.39 Å². The van der Waals surface area contributed by atoms with E-state index in [0.29, 0.717) is 0 Å². The number of benzene rings is 2. The number of rotatable bonds is 5.